The van der Waals surface area contributed by atoms with E-state index in [1.165, 1.54) is 0 Å². The molecule has 0 atom stereocenters. The smallest absolute Gasteiger partial charge is 0 e. The summed E-state index contributed by atoms with van der Waals surface area (Å²) in [4.78, 5) is 0. The van der Waals surface area contributed by atoms with Gasteiger partial charge < -0.3 is 21.3 Å². The Labute approximate surface area is 96.5 Å². The van der Waals surface area contributed by atoms with Gasteiger partial charge >= 0.3 is 0 Å². The molecule has 0 unspecified atom stereocenters. The predicted molar refractivity (Wildman–Crippen MR) is 59.9 cm³/mol. The third-order valence-corrected chi connectivity index (χ3v) is 0. The topological polar surface area (TPSA) is 48.1 Å². The maximum Gasteiger partial charge on any atom is 0 e. The summed E-state index contributed by atoms with van der Waals surface area (Å²) < 4.78 is 0. The summed E-state index contributed by atoms with van der Waals surface area (Å²) >= 11 is 0. The molecule has 0 aromatic rings. The van der Waals surface area contributed by atoms with E-state index >= 15 is 0 Å². The van der Waals surface area contributed by atoms with E-state index in [2.05, 4.69) is 21.3 Å². The third-order valence-electron chi connectivity index (χ3n) is 0. The zero-order chi connectivity index (χ0) is 10.8. The van der Waals surface area contributed by atoms with Crippen molar-refractivity contribution in [1.29, 1.82) is 0 Å². The third kappa shape index (κ3) is 7500. The van der Waals surface area contributed by atoms with E-state index in [0.717, 1.165) is 0 Å². The number of rotatable bonds is 0. The fraction of sp³-hybridized carbons (Fsp3) is 1.00. The van der Waals surface area contributed by atoms with Crippen LogP contribution in [-0.4, -0.2) is 56.4 Å². The monoisotopic (exact) mass is 231 g/mol. The molecule has 4 nitrogen and oxygen atoms in total. The first-order valence-corrected chi connectivity index (χ1v) is 4.00. The average Bonchev–Trinajstić information content (AvgIpc) is 1.92. The second-order valence-corrected chi connectivity index (χ2v) is 2.00. The zero-order valence-electron chi connectivity index (χ0n) is 10.4. The largest absolute Gasteiger partial charge is 0.323 e. The van der Waals surface area contributed by atoms with Crippen LogP contribution in [-0.2, 0) is 18.6 Å². The fourth-order valence-electron chi connectivity index (χ4n) is 0. The van der Waals surface area contributed by atoms with Crippen molar-refractivity contribution >= 4 is 0 Å². The Bertz CT molecular complexity index is 24.1. The SMILES string of the molecule is CNC.CNC.CNC.CNC.[V]. The Kier molecular flexibility index (Phi) is 186. The Morgan fingerprint density at radius 3 is 0.385 bits per heavy atom. The first kappa shape index (κ1) is 29.2. The number of nitrogens with one attached hydrogen (secondary N) is 4. The average molecular weight is 231 g/mol. The molecule has 0 aliphatic heterocycles. The molecule has 0 heterocycles. The molecule has 85 valence electrons. The van der Waals surface area contributed by atoms with Gasteiger partial charge in [0, 0.05) is 18.6 Å². The van der Waals surface area contributed by atoms with Crippen molar-refractivity contribution in [3.05, 3.63) is 0 Å². The molecular formula is C8H28N4V. The van der Waals surface area contributed by atoms with Gasteiger partial charge in [-0.05, 0) is 56.4 Å². The van der Waals surface area contributed by atoms with Crippen LogP contribution in [0, 0.1) is 0 Å². The van der Waals surface area contributed by atoms with Gasteiger partial charge in [0.1, 0.15) is 0 Å². The molecule has 0 aromatic heterocycles. The minimum absolute atomic E-state index is 0. The summed E-state index contributed by atoms with van der Waals surface area (Å²) in [6.45, 7) is 0. The molecule has 0 saturated heterocycles. The van der Waals surface area contributed by atoms with Crippen molar-refractivity contribution in [2.45, 2.75) is 0 Å². The first-order chi connectivity index (χ1) is 5.66. The van der Waals surface area contributed by atoms with Crippen LogP contribution < -0.4 is 21.3 Å². The quantitative estimate of drug-likeness (QED) is 0.447. The Hall–Kier alpha value is 0.424. The van der Waals surface area contributed by atoms with Crippen molar-refractivity contribution in [2.24, 2.45) is 0 Å². The van der Waals surface area contributed by atoms with Crippen LogP contribution in [0.3, 0.4) is 0 Å². The molecule has 5 heteroatoms. The summed E-state index contributed by atoms with van der Waals surface area (Å²) in [5.41, 5.74) is 0. The number of hydrogen-bond donors (Lipinski definition) is 4. The van der Waals surface area contributed by atoms with Crippen LogP contribution in [0.5, 0.6) is 0 Å². The summed E-state index contributed by atoms with van der Waals surface area (Å²) in [7, 11) is 15.0. The van der Waals surface area contributed by atoms with Crippen molar-refractivity contribution in [1.82, 2.24) is 21.3 Å². The van der Waals surface area contributed by atoms with E-state index in [-0.39, 0.29) is 18.6 Å². The molecule has 0 spiro atoms. The molecule has 0 amide bonds. The van der Waals surface area contributed by atoms with E-state index in [4.69, 9.17) is 0 Å². The predicted octanol–water partition coefficient (Wildman–Crippen LogP) is -0.660. The normalized spacial score (nSPS) is 5.54. The minimum Gasteiger partial charge on any atom is -0.323 e. The Morgan fingerprint density at radius 2 is 0.385 bits per heavy atom. The molecule has 1 radical (unpaired) electrons. The van der Waals surface area contributed by atoms with Gasteiger partial charge in [0.2, 0.25) is 0 Å². The minimum atomic E-state index is 0. The van der Waals surface area contributed by atoms with Crippen LogP contribution in [0.4, 0.5) is 0 Å². The second kappa shape index (κ2) is 82.8. The summed E-state index contributed by atoms with van der Waals surface area (Å²) in [6.07, 6.45) is 0. The maximum atomic E-state index is 2.75. The van der Waals surface area contributed by atoms with Crippen molar-refractivity contribution < 1.29 is 18.6 Å². The molecule has 0 bridgehead atoms. The number of hydrogen-bond acceptors (Lipinski definition) is 4. The van der Waals surface area contributed by atoms with E-state index < -0.39 is 0 Å². The van der Waals surface area contributed by atoms with Crippen molar-refractivity contribution in [3.8, 4) is 0 Å². The summed E-state index contributed by atoms with van der Waals surface area (Å²) in [5, 5.41) is 11.0. The molecule has 0 aliphatic carbocycles. The van der Waals surface area contributed by atoms with Crippen LogP contribution in [0.25, 0.3) is 0 Å². The van der Waals surface area contributed by atoms with Crippen LogP contribution in [0.2, 0.25) is 0 Å². The van der Waals surface area contributed by atoms with Gasteiger partial charge in [-0.15, -0.1) is 0 Å². The first-order valence-electron chi connectivity index (χ1n) is 4.00. The molecule has 0 rings (SSSR count). The second-order valence-electron chi connectivity index (χ2n) is 2.00. The maximum absolute atomic E-state index is 2.75. The summed E-state index contributed by atoms with van der Waals surface area (Å²) in [5.74, 6) is 0. The Morgan fingerprint density at radius 1 is 0.385 bits per heavy atom. The molecule has 4 N–H and O–H groups in total. The standard InChI is InChI=1S/4C2H7N.V/c4*1-3-2;/h4*3H,1-2H3;. The van der Waals surface area contributed by atoms with E-state index in [1.807, 2.05) is 56.4 Å². The van der Waals surface area contributed by atoms with Gasteiger partial charge in [-0.3, -0.25) is 0 Å². The molecule has 0 aromatic carbocycles. The van der Waals surface area contributed by atoms with Crippen LogP contribution >= 0.6 is 0 Å². The van der Waals surface area contributed by atoms with Crippen LogP contribution in [0.1, 0.15) is 0 Å². The van der Waals surface area contributed by atoms with Crippen molar-refractivity contribution in [3.63, 3.8) is 0 Å². The summed E-state index contributed by atoms with van der Waals surface area (Å²) in [6, 6.07) is 0. The molecule has 0 aliphatic rings. The van der Waals surface area contributed by atoms with Gasteiger partial charge in [0.15, 0.2) is 0 Å². The molecule has 0 saturated carbocycles. The van der Waals surface area contributed by atoms with Gasteiger partial charge in [0.05, 0.1) is 0 Å². The van der Waals surface area contributed by atoms with Gasteiger partial charge in [-0.2, -0.15) is 0 Å². The van der Waals surface area contributed by atoms with Gasteiger partial charge in [0.25, 0.3) is 0 Å². The van der Waals surface area contributed by atoms with E-state index in [1.54, 1.807) is 0 Å². The molecule has 0 fully saturated rings. The van der Waals surface area contributed by atoms with Gasteiger partial charge in [-0.25, -0.2) is 0 Å². The molecular weight excluding hydrogens is 203 g/mol. The zero-order valence-corrected chi connectivity index (χ0v) is 11.8. The van der Waals surface area contributed by atoms with Crippen molar-refractivity contribution in [2.75, 3.05) is 56.4 Å². The van der Waals surface area contributed by atoms with E-state index in [0.29, 0.717) is 0 Å². The van der Waals surface area contributed by atoms with Gasteiger partial charge in [-0.1, -0.05) is 0 Å². The van der Waals surface area contributed by atoms with Crippen LogP contribution in [0.15, 0.2) is 0 Å². The molecule has 13 heavy (non-hydrogen) atoms. The van der Waals surface area contributed by atoms with E-state index in [9.17, 15) is 0 Å². The Balaban J connectivity index is -0.0000000213. The fourth-order valence-corrected chi connectivity index (χ4v) is 0.